The van der Waals surface area contributed by atoms with Crippen molar-refractivity contribution in [2.24, 2.45) is 0 Å². The van der Waals surface area contributed by atoms with Gasteiger partial charge in [-0.2, -0.15) is 0 Å². The van der Waals surface area contributed by atoms with Crippen molar-refractivity contribution in [1.82, 2.24) is 10.2 Å². The second-order valence-corrected chi connectivity index (χ2v) is 8.79. The molecule has 5 nitrogen and oxygen atoms in total. The van der Waals surface area contributed by atoms with E-state index in [0.29, 0.717) is 12.2 Å². The minimum Gasteiger partial charge on any atom is -0.497 e. The van der Waals surface area contributed by atoms with Crippen molar-refractivity contribution in [2.45, 2.75) is 24.8 Å². The van der Waals surface area contributed by atoms with Crippen LogP contribution in [0.2, 0.25) is 0 Å². The van der Waals surface area contributed by atoms with Crippen LogP contribution in [-0.2, 0) is 28.3 Å². The Labute approximate surface area is 204 Å². The number of thioether (sulfide) groups is 1. The highest BCUT2D eigenvalue weighted by Gasteiger charge is 2.29. The lowest BCUT2D eigenvalue weighted by atomic mass is 10.0. The average molecular weight is 481 g/mol. The lowest BCUT2D eigenvalue weighted by molar-refractivity contribution is -0.139. The van der Waals surface area contributed by atoms with Gasteiger partial charge < -0.3 is 15.0 Å². The molecular weight excluding hydrogens is 451 g/mol. The third-order valence-corrected chi connectivity index (χ3v) is 6.43. The van der Waals surface area contributed by atoms with Crippen LogP contribution >= 0.6 is 11.8 Å². The van der Waals surface area contributed by atoms with E-state index in [1.165, 1.54) is 23.9 Å². The summed E-state index contributed by atoms with van der Waals surface area (Å²) >= 11 is 1.49. The van der Waals surface area contributed by atoms with Gasteiger partial charge >= 0.3 is 0 Å². The number of carbonyl (C=O) groups is 2. The molecule has 3 aromatic carbocycles. The standard InChI is InChI=1S/C27H29FN2O3S/c1-29-27(32)25(16-20-6-4-3-5-7-20)30(17-21-8-12-23(28)13-9-21)26(31)19-34-18-22-10-14-24(33-2)15-11-22/h3-15,25H,16-19H2,1-2H3,(H,29,32). The number of amides is 2. The minimum absolute atomic E-state index is 0.146. The second kappa shape index (κ2) is 12.8. The molecule has 0 aromatic heterocycles. The second-order valence-electron chi connectivity index (χ2n) is 7.81. The Morgan fingerprint density at radius 1 is 0.941 bits per heavy atom. The topological polar surface area (TPSA) is 58.6 Å². The molecule has 1 atom stereocenters. The zero-order valence-corrected chi connectivity index (χ0v) is 20.2. The van der Waals surface area contributed by atoms with Crippen LogP contribution in [0, 0.1) is 5.82 Å². The van der Waals surface area contributed by atoms with E-state index in [1.807, 2.05) is 54.6 Å². The smallest absolute Gasteiger partial charge is 0.242 e. The molecule has 3 rings (SSSR count). The maximum atomic E-state index is 13.4. The average Bonchev–Trinajstić information content (AvgIpc) is 2.87. The van der Waals surface area contributed by atoms with Crippen molar-refractivity contribution >= 4 is 23.6 Å². The molecule has 0 radical (unpaired) electrons. The number of hydrogen-bond donors (Lipinski definition) is 1. The predicted octanol–water partition coefficient (Wildman–Crippen LogP) is 4.45. The van der Waals surface area contributed by atoms with Crippen molar-refractivity contribution < 1.29 is 18.7 Å². The Balaban J connectivity index is 1.77. The summed E-state index contributed by atoms with van der Waals surface area (Å²) in [7, 11) is 3.19. The SMILES string of the molecule is CNC(=O)C(Cc1ccccc1)N(Cc1ccc(F)cc1)C(=O)CSCc1ccc(OC)cc1. The molecular formula is C27H29FN2O3S. The molecule has 1 N–H and O–H groups in total. The van der Waals surface area contributed by atoms with Crippen LogP contribution in [0.3, 0.4) is 0 Å². The molecule has 0 aliphatic heterocycles. The first-order chi connectivity index (χ1) is 16.5. The normalized spacial score (nSPS) is 11.5. The van der Waals surface area contributed by atoms with E-state index in [2.05, 4.69) is 5.32 Å². The zero-order chi connectivity index (χ0) is 24.3. The number of nitrogens with one attached hydrogen (secondary N) is 1. The van der Waals surface area contributed by atoms with Crippen molar-refractivity contribution in [3.8, 4) is 5.75 Å². The first-order valence-electron chi connectivity index (χ1n) is 11.0. The van der Waals surface area contributed by atoms with Crippen LogP contribution in [0.5, 0.6) is 5.75 Å². The monoisotopic (exact) mass is 480 g/mol. The van der Waals surface area contributed by atoms with Gasteiger partial charge in [-0.25, -0.2) is 4.39 Å². The quantitative estimate of drug-likeness (QED) is 0.441. The molecule has 0 fully saturated rings. The fourth-order valence-electron chi connectivity index (χ4n) is 3.57. The number of methoxy groups -OCH3 is 1. The summed E-state index contributed by atoms with van der Waals surface area (Å²) in [6, 6.07) is 22.6. The van der Waals surface area contributed by atoms with Gasteiger partial charge in [0.25, 0.3) is 0 Å². The fourth-order valence-corrected chi connectivity index (χ4v) is 4.44. The van der Waals surface area contributed by atoms with Crippen molar-refractivity contribution in [2.75, 3.05) is 19.9 Å². The van der Waals surface area contributed by atoms with E-state index >= 15 is 0 Å². The Hall–Kier alpha value is -3.32. The van der Waals surface area contributed by atoms with E-state index in [9.17, 15) is 14.0 Å². The first-order valence-corrected chi connectivity index (χ1v) is 12.2. The van der Waals surface area contributed by atoms with E-state index in [-0.39, 0.29) is 29.9 Å². The van der Waals surface area contributed by atoms with Crippen LogP contribution in [0.25, 0.3) is 0 Å². The lowest BCUT2D eigenvalue weighted by Gasteiger charge is -2.31. The Kier molecular flexibility index (Phi) is 9.52. The van der Waals surface area contributed by atoms with Gasteiger partial charge in [-0.1, -0.05) is 54.6 Å². The van der Waals surface area contributed by atoms with E-state index < -0.39 is 6.04 Å². The summed E-state index contributed by atoms with van der Waals surface area (Å²) in [6.45, 7) is 0.215. The van der Waals surface area contributed by atoms with Gasteiger partial charge in [-0.3, -0.25) is 9.59 Å². The molecule has 178 valence electrons. The summed E-state index contributed by atoms with van der Waals surface area (Å²) in [4.78, 5) is 27.9. The van der Waals surface area contributed by atoms with Gasteiger partial charge in [-0.05, 0) is 41.0 Å². The third kappa shape index (κ3) is 7.35. The Bertz CT molecular complexity index is 1060. The molecule has 0 aliphatic rings. The zero-order valence-electron chi connectivity index (χ0n) is 19.4. The van der Waals surface area contributed by atoms with Gasteiger partial charge in [0.05, 0.1) is 12.9 Å². The van der Waals surface area contributed by atoms with Gasteiger partial charge in [-0.15, -0.1) is 11.8 Å². The number of nitrogens with zero attached hydrogens (tertiary/aromatic N) is 1. The Morgan fingerprint density at radius 3 is 2.21 bits per heavy atom. The highest BCUT2D eigenvalue weighted by atomic mass is 32.2. The fraction of sp³-hybridized carbons (Fsp3) is 0.259. The maximum Gasteiger partial charge on any atom is 0.242 e. The summed E-state index contributed by atoms with van der Waals surface area (Å²) in [5.41, 5.74) is 2.80. The van der Waals surface area contributed by atoms with Crippen molar-refractivity contribution in [3.05, 3.63) is 101 Å². The molecule has 0 bridgehead atoms. The Morgan fingerprint density at radius 2 is 1.59 bits per heavy atom. The lowest BCUT2D eigenvalue weighted by Crippen LogP contribution is -2.50. The summed E-state index contributed by atoms with van der Waals surface area (Å²) in [5, 5.41) is 2.70. The van der Waals surface area contributed by atoms with Crippen LogP contribution in [0.1, 0.15) is 16.7 Å². The molecule has 1 unspecified atom stereocenters. The van der Waals surface area contributed by atoms with Crippen LogP contribution < -0.4 is 10.1 Å². The maximum absolute atomic E-state index is 13.4. The van der Waals surface area contributed by atoms with Crippen molar-refractivity contribution in [3.63, 3.8) is 0 Å². The molecule has 7 heteroatoms. The summed E-state index contributed by atoms with van der Waals surface area (Å²) in [6.07, 6.45) is 0.386. The van der Waals surface area contributed by atoms with E-state index in [0.717, 1.165) is 22.4 Å². The molecule has 0 heterocycles. The molecule has 0 saturated heterocycles. The number of likely N-dealkylation sites (N-methyl/N-ethyl adjacent to an activating group) is 1. The van der Waals surface area contributed by atoms with Crippen LogP contribution in [-0.4, -0.2) is 42.7 Å². The predicted molar refractivity (Wildman–Crippen MR) is 134 cm³/mol. The molecule has 0 saturated carbocycles. The van der Waals surface area contributed by atoms with Gasteiger partial charge in [0, 0.05) is 25.8 Å². The van der Waals surface area contributed by atoms with Gasteiger partial charge in [0.15, 0.2) is 0 Å². The minimum atomic E-state index is -0.688. The largest absolute Gasteiger partial charge is 0.497 e. The summed E-state index contributed by atoms with van der Waals surface area (Å²) in [5.74, 6) is 0.930. The number of hydrogen-bond acceptors (Lipinski definition) is 4. The number of ether oxygens (including phenoxy) is 1. The molecule has 0 aliphatic carbocycles. The number of carbonyl (C=O) groups excluding carboxylic acids is 2. The molecule has 2 amide bonds. The van der Waals surface area contributed by atoms with Gasteiger partial charge in [0.1, 0.15) is 17.6 Å². The summed E-state index contributed by atoms with van der Waals surface area (Å²) < 4.78 is 18.6. The third-order valence-electron chi connectivity index (χ3n) is 5.44. The highest BCUT2D eigenvalue weighted by molar-refractivity contribution is 7.99. The van der Waals surface area contributed by atoms with E-state index in [4.69, 9.17) is 4.74 Å². The number of halogens is 1. The van der Waals surface area contributed by atoms with E-state index in [1.54, 1.807) is 31.2 Å². The first kappa shape index (κ1) is 25.3. The highest BCUT2D eigenvalue weighted by Crippen LogP contribution is 2.20. The molecule has 3 aromatic rings. The number of rotatable bonds is 11. The molecule has 34 heavy (non-hydrogen) atoms. The van der Waals surface area contributed by atoms with Gasteiger partial charge in [0.2, 0.25) is 11.8 Å². The van der Waals surface area contributed by atoms with Crippen molar-refractivity contribution in [1.29, 1.82) is 0 Å². The molecule has 0 spiro atoms. The number of benzene rings is 3. The van der Waals surface area contributed by atoms with Crippen LogP contribution in [0.4, 0.5) is 4.39 Å². The van der Waals surface area contributed by atoms with Crippen LogP contribution in [0.15, 0.2) is 78.9 Å².